The van der Waals surface area contributed by atoms with Crippen LogP contribution in [0.2, 0.25) is 0 Å². The highest BCUT2D eigenvalue weighted by molar-refractivity contribution is 7.51. The lowest BCUT2D eigenvalue weighted by Crippen LogP contribution is -1.81. The number of rotatable bonds is 0. The molecule has 42 valence electrons. The fraction of sp³-hybridized carbons (Fsp3) is 0. The predicted molar refractivity (Wildman–Crippen MR) is 17.7 cm³/mol. The predicted octanol–water partition coefficient (Wildman–Crippen LogP) is -1.02. The van der Waals surface area contributed by atoms with Crippen LogP contribution in [0.5, 0.6) is 0 Å². The number of hydrogen-bond donors (Lipinski definition) is 1. The fourth-order valence-electron chi connectivity index (χ4n) is 0. The van der Waals surface area contributed by atoms with E-state index in [0.29, 0.717) is 0 Å². The molecule has 0 aromatic heterocycles. The normalized spacial score (nSPS) is 5.14. The van der Waals surface area contributed by atoms with Crippen molar-refractivity contribution >= 4 is 11.6 Å². The first-order chi connectivity index (χ1) is 3.15. The van der Waals surface area contributed by atoms with Crippen molar-refractivity contribution in [2.75, 3.05) is 0 Å². The molecule has 0 amide bonds. The standard InChI is InChI=1S/HNO3.O2S/c2-1(3)4;1-3-2/h(H,2,3,4);. The second-order valence-electron chi connectivity index (χ2n) is 0.306. The van der Waals surface area contributed by atoms with Gasteiger partial charge in [-0.2, -0.15) is 8.42 Å². The van der Waals surface area contributed by atoms with Crippen LogP contribution in [0.3, 0.4) is 0 Å². The summed E-state index contributed by atoms with van der Waals surface area (Å²) in [5.41, 5.74) is 0. The summed E-state index contributed by atoms with van der Waals surface area (Å²) in [7, 11) is 0. The van der Waals surface area contributed by atoms with Crippen LogP contribution >= 0.6 is 0 Å². The summed E-state index contributed by atoms with van der Waals surface area (Å²) < 4.78 is 16.6. The lowest BCUT2D eigenvalue weighted by atomic mass is 13.1. The quantitative estimate of drug-likeness (QED) is 0.332. The van der Waals surface area contributed by atoms with Gasteiger partial charge in [0.05, 0.1) is 0 Å². The minimum absolute atomic E-state index is 0.750. The van der Waals surface area contributed by atoms with Crippen LogP contribution < -0.4 is 0 Å². The third-order valence-electron chi connectivity index (χ3n) is 0. The minimum atomic E-state index is -1.50. The minimum Gasteiger partial charge on any atom is -0.328 e. The summed E-state index contributed by atoms with van der Waals surface area (Å²) in [6.45, 7) is 0. The second-order valence-corrected chi connectivity index (χ2v) is 0.442. The van der Waals surface area contributed by atoms with Crippen molar-refractivity contribution in [3.63, 3.8) is 0 Å². The highest BCUT2D eigenvalue weighted by Gasteiger charge is 1.65. The molecule has 0 saturated carbocycles. The molecule has 0 aliphatic carbocycles. The maximum Gasteiger partial charge on any atom is 0.335 e. The molecule has 0 aromatic carbocycles. The van der Waals surface area contributed by atoms with Crippen LogP contribution in [0.1, 0.15) is 0 Å². The van der Waals surface area contributed by atoms with Crippen molar-refractivity contribution in [1.29, 1.82) is 0 Å². The van der Waals surface area contributed by atoms with Crippen molar-refractivity contribution in [2.24, 2.45) is 0 Å². The van der Waals surface area contributed by atoms with Crippen LogP contribution in [-0.4, -0.2) is 18.7 Å². The van der Waals surface area contributed by atoms with Gasteiger partial charge in [0.1, 0.15) is 0 Å². The maximum absolute atomic E-state index is 8.36. The van der Waals surface area contributed by atoms with Crippen LogP contribution in [0.4, 0.5) is 0 Å². The molecule has 0 saturated heterocycles. The first-order valence-electron chi connectivity index (χ1n) is 0.898. The lowest BCUT2D eigenvalue weighted by molar-refractivity contribution is -0.742. The molecule has 1 N–H and O–H groups in total. The molecule has 0 unspecified atom stereocenters. The third kappa shape index (κ3) is 47.7. The van der Waals surface area contributed by atoms with Crippen molar-refractivity contribution < 1.29 is 18.7 Å². The summed E-state index contributed by atoms with van der Waals surface area (Å²) in [6.07, 6.45) is 0. The molecular weight excluding hydrogens is 126 g/mol. The molecule has 0 fully saturated rings. The van der Waals surface area contributed by atoms with Gasteiger partial charge in [-0.3, -0.25) is 0 Å². The monoisotopic (exact) mass is 127 g/mol. The Bertz CT molecular complexity index is 76.1. The maximum atomic E-state index is 8.36. The molecule has 7 heavy (non-hydrogen) atoms. The van der Waals surface area contributed by atoms with Gasteiger partial charge in [0, 0.05) is 0 Å². The highest BCUT2D eigenvalue weighted by Crippen LogP contribution is 1.38. The van der Waals surface area contributed by atoms with Gasteiger partial charge >= 0.3 is 11.6 Å². The zero-order valence-electron chi connectivity index (χ0n) is 2.94. The van der Waals surface area contributed by atoms with Crippen LogP contribution in [0.15, 0.2) is 0 Å². The zero-order valence-corrected chi connectivity index (χ0v) is 3.75. The molecular formula is HNO5S. The van der Waals surface area contributed by atoms with Gasteiger partial charge in [-0.05, 0) is 0 Å². The first-order valence-corrected chi connectivity index (χ1v) is 1.57. The number of nitrogens with zero attached hydrogens (tertiary/aromatic N) is 1. The van der Waals surface area contributed by atoms with E-state index in [1.807, 2.05) is 0 Å². The summed E-state index contributed by atoms with van der Waals surface area (Å²) in [5.74, 6) is 0. The topological polar surface area (TPSA) is 97.5 Å². The van der Waals surface area contributed by atoms with Gasteiger partial charge in [-0.1, -0.05) is 0 Å². The van der Waals surface area contributed by atoms with E-state index in [1.54, 1.807) is 0 Å². The summed E-state index contributed by atoms with van der Waals surface area (Å²) in [4.78, 5) is 8.36. The van der Waals surface area contributed by atoms with E-state index < -0.39 is 16.7 Å². The molecule has 0 heterocycles. The fourth-order valence-corrected chi connectivity index (χ4v) is 0. The summed E-state index contributed by atoms with van der Waals surface area (Å²) in [6, 6.07) is 0. The second kappa shape index (κ2) is 8.89. The molecule has 0 rings (SSSR count). The molecule has 7 heteroatoms. The van der Waals surface area contributed by atoms with Gasteiger partial charge in [-0.25, -0.2) is 0 Å². The Kier molecular flexibility index (Phi) is 11.9. The first kappa shape index (κ1) is 9.39. The van der Waals surface area contributed by atoms with E-state index in [9.17, 15) is 0 Å². The van der Waals surface area contributed by atoms with E-state index in [4.69, 9.17) is 23.7 Å². The Labute approximate surface area is 41.5 Å². The number of hydrogen-bond acceptors (Lipinski definition) is 4. The van der Waals surface area contributed by atoms with Crippen molar-refractivity contribution in [3.8, 4) is 0 Å². The molecule has 0 atom stereocenters. The molecule has 0 aliphatic rings. The Hall–Kier alpha value is -0.980. The van der Waals surface area contributed by atoms with E-state index in [1.165, 1.54) is 0 Å². The third-order valence-corrected chi connectivity index (χ3v) is 0. The van der Waals surface area contributed by atoms with E-state index in [-0.39, 0.29) is 0 Å². The van der Waals surface area contributed by atoms with Gasteiger partial charge in [0.15, 0.2) is 0 Å². The van der Waals surface area contributed by atoms with E-state index in [0.717, 1.165) is 0 Å². The Morgan fingerprint density at radius 3 is 1.57 bits per heavy atom. The molecule has 0 aliphatic heterocycles. The van der Waals surface area contributed by atoms with Crippen molar-refractivity contribution in [3.05, 3.63) is 10.1 Å². The van der Waals surface area contributed by atoms with Crippen molar-refractivity contribution in [1.82, 2.24) is 0 Å². The van der Waals surface area contributed by atoms with E-state index in [2.05, 4.69) is 0 Å². The van der Waals surface area contributed by atoms with Gasteiger partial charge in [0.25, 0.3) is 5.09 Å². The Morgan fingerprint density at radius 2 is 1.57 bits per heavy atom. The lowest BCUT2D eigenvalue weighted by Gasteiger charge is -1.56. The van der Waals surface area contributed by atoms with Gasteiger partial charge in [-0.15, -0.1) is 10.1 Å². The molecule has 0 radical (unpaired) electrons. The molecule has 0 aromatic rings. The Morgan fingerprint density at radius 1 is 1.57 bits per heavy atom. The molecule has 0 spiro atoms. The van der Waals surface area contributed by atoms with E-state index >= 15 is 0 Å². The van der Waals surface area contributed by atoms with Gasteiger partial charge < -0.3 is 5.21 Å². The van der Waals surface area contributed by atoms with Gasteiger partial charge in [0.2, 0.25) is 0 Å². The summed E-state index contributed by atoms with van der Waals surface area (Å²) in [5, 5.41) is 13.6. The average molecular weight is 127 g/mol. The molecule has 6 nitrogen and oxygen atoms in total. The van der Waals surface area contributed by atoms with Crippen molar-refractivity contribution in [2.45, 2.75) is 0 Å². The Balaban J connectivity index is 0. The molecule has 0 bridgehead atoms. The van der Waals surface area contributed by atoms with Crippen LogP contribution in [0, 0.1) is 10.1 Å². The zero-order chi connectivity index (χ0) is 6.28. The largest absolute Gasteiger partial charge is 0.335 e. The average Bonchev–Trinajstić information content (AvgIpc) is 1.33. The van der Waals surface area contributed by atoms with Crippen LogP contribution in [-0.2, 0) is 11.6 Å². The SMILES string of the molecule is O=S=O.O=[N+]([O-])O. The smallest absolute Gasteiger partial charge is 0.328 e. The van der Waals surface area contributed by atoms with Crippen LogP contribution in [0.25, 0.3) is 0 Å². The summed E-state index contributed by atoms with van der Waals surface area (Å²) >= 11 is -0.750. The highest BCUT2D eigenvalue weighted by atomic mass is 32.1.